The first-order valence-corrected chi connectivity index (χ1v) is 8.91. The molecule has 0 radical (unpaired) electrons. The molecule has 0 aliphatic rings. The third-order valence-electron chi connectivity index (χ3n) is 4.04. The Morgan fingerprint density at radius 3 is 2.11 bits per heavy atom. The number of nitrogens with zero attached hydrogens (tertiary/aromatic N) is 1. The Balaban J connectivity index is 1.54. The number of para-hydroxylation sites is 1. The molecule has 28 heavy (non-hydrogen) atoms. The summed E-state index contributed by atoms with van der Waals surface area (Å²) in [6.45, 7) is -0.283. The first-order valence-electron chi connectivity index (χ1n) is 8.91. The highest BCUT2D eigenvalue weighted by atomic mass is 16.5. The minimum atomic E-state index is -0.362. The second kappa shape index (κ2) is 9.87. The number of pyridine rings is 1. The van der Waals surface area contributed by atoms with Crippen LogP contribution >= 0.6 is 0 Å². The maximum absolute atomic E-state index is 12.4. The van der Waals surface area contributed by atoms with Gasteiger partial charge < -0.3 is 15.4 Å². The molecule has 6 heteroatoms. The van der Waals surface area contributed by atoms with Crippen molar-refractivity contribution in [3.63, 3.8) is 0 Å². The molecule has 2 amide bonds. The molecular formula is C22H21N3O3. The zero-order valence-corrected chi connectivity index (χ0v) is 15.2. The number of ether oxygens (including phenoxy) is 1. The minimum Gasteiger partial charge on any atom is -0.484 e. The maximum Gasteiger partial charge on any atom is 0.258 e. The summed E-state index contributed by atoms with van der Waals surface area (Å²) in [4.78, 5) is 28.3. The molecule has 0 saturated heterocycles. The summed E-state index contributed by atoms with van der Waals surface area (Å²) in [6, 6.07) is 22.0. The molecule has 0 fully saturated rings. The molecule has 0 saturated carbocycles. The van der Waals surface area contributed by atoms with Crippen molar-refractivity contribution < 1.29 is 14.3 Å². The number of aromatic nitrogens is 1. The van der Waals surface area contributed by atoms with Gasteiger partial charge in [-0.15, -0.1) is 0 Å². The van der Waals surface area contributed by atoms with Crippen LogP contribution < -0.4 is 15.4 Å². The molecule has 2 N–H and O–H groups in total. The standard InChI is InChI=1S/C22H21N3O3/c26-20(15-24-21(27)16-28-19-9-5-2-6-10-19)25-22(17-7-3-1-4-8-17)18-11-13-23-14-12-18/h1-14,22H,15-16H2,(H,24,27)(H,25,26). The van der Waals surface area contributed by atoms with Gasteiger partial charge in [-0.25, -0.2) is 0 Å². The van der Waals surface area contributed by atoms with Gasteiger partial charge >= 0.3 is 0 Å². The average Bonchev–Trinajstić information content (AvgIpc) is 2.76. The smallest absolute Gasteiger partial charge is 0.258 e. The number of nitrogens with one attached hydrogen (secondary N) is 2. The first-order chi connectivity index (χ1) is 13.7. The fourth-order valence-electron chi connectivity index (χ4n) is 2.67. The van der Waals surface area contributed by atoms with E-state index in [1.807, 2.05) is 60.7 Å². The molecule has 0 aliphatic heterocycles. The van der Waals surface area contributed by atoms with Crippen molar-refractivity contribution in [3.8, 4) is 5.75 Å². The fraction of sp³-hybridized carbons (Fsp3) is 0.136. The van der Waals surface area contributed by atoms with Gasteiger partial charge in [0, 0.05) is 12.4 Å². The molecular weight excluding hydrogens is 354 g/mol. The molecule has 0 aliphatic carbocycles. The highest BCUT2D eigenvalue weighted by Crippen LogP contribution is 2.21. The number of amides is 2. The summed E-state index contributed by atoms with van der Waals surface area (Å²) < 4.78 is 5.37. The topological polar surface area (TPSA) is 80.3 Å². The van der Waals surface area contributed by atoms with Gasteiger partial charge in [-0.05, 0) is 35.4 Å². The van der Waals surface area contributed by atoms with Crippen LogP contribution in [0, 0.1) is 0 Å². The summed E-state index contributed by atoms with van der Waals surface area (Å²) in [7, 11) is 0. The second-order valence-electron chi connectivity index (χ2n) is 6.07. The summed E-state index contributed by atoms with van der Waals surface area (Å²) in [5.41, 5.74) is 1.86. The number of hydrogen-bond acceptors (Lipinski definition) is 4. The number of carbonyl (C=O) groups excluding carboxylic acids is 2. The predicted octanol–water partition coefficient (Wildman–Crippen LogP) is 2.48. The second-order valence-corrected chi connectivity index (χ2v) is 6.07. The van der Waals surface area contributed by atoms with Crippen molar-refractivity contribution in [2.75, 3.05) is 13.2 Å². The highest BCUT2D eigenvalue weighted by Gasteiger charge is 2.17. The van der Waals surface area contributed by atoms with Gasteiger partial charge in [-0.2, -0.15) is 0 Å². The molecule has 6 nitrogen and oxygen atoms in total. The molecule has 2 aromatic carbocycles. The molecule has 3 aromatic rings. The van der Waals surface area contributed by atoms with Crippen LogP contribution in [0.4, 0.5) is 0 Å². The van der Waals surface area contributed by atoms with Crippen molar-refractivity contribution >= 4 is 11.8 Å². The van der Waals surface area contributed by atoms with Crippen LogP contribution in [0.3, 0.4) is 0 Å². The van der Waals surface area contributed by atoms with Crippen LogP contribution in [0.2, 0.25) is 0 Å². The van der Waals surface area contributed by atoms with E-state index in [0.717, 1.165) is 11.1 Å². The Kier molecular flexibility index (Phi) is 6.73. The van der Waals surface area contributed by atoms with E-state index < -0.39 is 0 Å². The lowest BCUT2D eigenvalue weighted by molar-refractivity contribution is -0.127. The van der Waals surface area contributed by atoms with E-state index in [1.54, 1.807) is 24.5 Å². The number of rotatable bonds is 8. The van der Waals surface area contributed by atoms with Crippen LogP contribution in [0.25, 0.3) is 0 Å². The maximum atomic E-state index is 12.4. The van der Waals surface area contributed by atoms with E-state index in [0.29, 0.717) is 5.75 Å². The van der Waals surface area contributed by atoms with E-state index in [9.17, 15) is 9.59 Å². The van der Waals surface area contributed by atoms with E-state index in [4.69, 9.17) is 4.74 Å². The third-order valence-corrected chi connectivity index (χ3v) is 4.04. The zero-order valence-electron chi connectivity index (χ0n) is 15.2. The van der Waals surface area contributed by atoms with Crippen LogP contribution in [0.5, 0.6) is 5.75 Å². The lowest BCUT2D eigenvalue weighted by Crippen LogP contribution is -2.40. The van der Waals surface area contributed by atoms with E-state index in [-0.39, 0.29) is 31.0 Å². The van der Waals surface area contributed by atoms with Crippen LogP contribution in [0.15, 0.2) is 85.2 Å². The van der Waals surface area contributed by atoms with E-state index in [1.165, 1.54) is 0 Å². The van der Waals surface area contributed by atoms with Crippen molar-refractivity contribution in [2.45, 2.75) is 6.04 Å². The van der Waals surface area contributed by atoms with Gasteiger partial charge in [0.25, 0.3) is 5.91 Å². The van der Waals surface area contributed by atoms with Gasteiger partial charge in [-0.3, -0.25) is 14.6 Å². The Morgan fingerprint density at radius 2 is 1.43 bits per heavy atom. The van der Waals surface area contributed by atoms with Gasteiger partial charge in [0.2, 0.25) is 5.91 Å². The SMILES string of the molecule is O=C(COc1ccccc1)NCC(=O)NC(c1ccccc1)c1ccncc1. The number of hydrogen-bond donors (Lipinski definition) is 2. The quantitative estimate of drug-likeness (QED) is 0.634. The lowest BCUT2D eigenvalue weighted by Gasteiger charge is -2.20. The first kappa shape index (κ1) is 19.1. The van der Waals surface area contributed by atoms with Crippen molar-refractivity contribution in [2.24, 2.45) is 0 Å². The van der Waals surface area contributed by atoms with Gasteiger partial charge in [0.1, 0.15) is 5.75 Å². The third kappa shape index (κ3) is 5.67. The van der Waals surface area contributed by atoms with Crippen molar-refractivity contribution in [1.29, 1.82) is 0 Å². The summed E-state index contributed by atoms with van der Waals surface area (Å²) in [5, 5.41) is 5.53. The normalized spacial score (nSPS) is 11.3. The molecule has 3 rings (SSSR count). The molecule has 1 atom stereocenters. The molecule has 1 heterocycles. The predicted molar refractivity (Wildman–Crippen MR) is 106 cm³/mol. The summed E-state index contributed by atoms with van der Waals surface area (Å²) >= 11 is 0. The Bertz CT molecular complexity index is 847. The average molecular weight is 375 g/mol. The zero-order chi connectivity index (χ0) is 19.6. The molecule has 1 aromatic heterocycles. The molecule has 1 unspecified atom stereocenters. The van der Waals surface area contributed by atoms with Crippen molar-refractivity contribution in [1.82, 2.24) is 15.6 Å². The van der Waals surface area contributed by atoms with Crippen LogP contribution in [-0.2, 0) is 9.59 Å². The van der Waals surface area contributed by atoms with E-state index >= 15 is 0 Å². The minimum absolute atomic E-state index is 0.134. The van der Waals surface area contributed by atoms with Gasteiger partial charge in [-0.1, -0.05) is 48.5 Å². The van der Waals surface area contributed by atoms with Crippen LogP contribution in [0.1, 0.15) is 17.2 Å². The molecule has 0 bridgehead atoms. The summed E-state index contributed by atoms with van der Waals surface area (Å²) in [5.74, 6) is -0.0539. The largest absolute Gasteiger partial charge is 0.484 e. The number of benzene rings is 2. The Hall–Kier alpha value is -3.67. The summed E-state index contributed by atoms with van der Waals surface area (Å²) in [6.07, 6.45) is 3.36. The highest BCUT2D eigenvalue weighted by molar-refractivity contribution is 5.85. The van der Waals surface area contributed by atoms with Gasteiger partial charge in [0.15, 0.2) is 6.61 Å². The Morgan fingerprint density at radius 1 is 0.821 bits per heavy atom. The number of carbonyl (C=O) groups is 2. The van der Waals surface area contributed by atoms with Crippen LogP contribution in [-0.4, -0.2) is 29.9 Å². The molecule has 142 valence electrons. The molecule has 0 spiro atoms. The van der Waals surface area contributed by atoms with E-state index in [2.05, 4.69) is 15.6 Å². The van der Waals surface area contributed by atoms with Crippen molar-refractivity contribution in [3.05, 3.63) is 96.3 Å². The Labute approximate surface area is 163 Å². The monoisotopic (exact) mass is 375 g/mol. The van der Waals surface area contributed by atoms with Gasteiger partial charge in [0.05, 0.1) is 12.6 Å². The fourth-order valence-corrected chi connectivity index (χ4v) is 2.67. The lowest BCUT2D eigenvalue weighted by atomic mass is 10.00.